The average Bonchev–Trinajstić information content (AvgIpc) is 2.51. The fourth-order valence-corrected chi connectivity index (χ4v) is 5.03. The molecule has 2 aliphatic rings. The van der Waals surface area contributed by atoms with Crippen molar-refractivity contribution in [1.29, 1.82) is 0 Å². The Hall–Kier alpha value is -1.64. The third-order valence-corrected chi connectivity index (χ3v) is 6.21. The molecule has 0 spiro atoms. The zero-order valence-corrected chi connectivity index (χ0v) is 15.6. The first-order valence-electron chi connectivity index (χ1n) is 8.88. The van der Waals surface area contributed by atoms with E-state index >= 15 is 0 Å². The molecule has 3 nitrogen and oxygen atoms in total. The molecule has 0 bridgehead atoms. The van der Waals surface area contributed by atoms with Gasteiger partial charge in [-0.2, -0.15) is 0 Å². The number of carbonyl (C=O) groups is 2. The Kier molecular flexibility index (Phi) is 5.52. The highest BCUT2D eigenvalue weighted by Gasteiger charge is 2.49. The van der Waals surface area contributed by atoms with E-state index in [0.717, 1.165) is 6.42 Å². The summed E-state index contributed by atoms with van der Waals surface area (Å²) in [6.07, 6.45) is 11.7. The quantitative estimate of drug-likeness (QED) is 0.322. The maximum absolute atomic E-state index is 11.8. The Morgan fingerprint density at radius 2 is 1.96 bits per heavy atom. The van der Waals surface area contributed by atoms with Gasteiger partial charge in [0.25, 0.3) is 0 Å². The number of aldehydes is 1. The summed E-state index contributed by atoms with van der Waals surface area (Å²) >= 11 is 0. The number of hydrogen-bond donors (Lipinski definition) is 0. The molecule has 0 radical (unpaired) electrons. The van der Waals surface area contributed by atoms with Crippen LogP contribution in [0.25, 0.3) is 0 Å². The third kappa shape index (κ3) is 3.40. The van der Waals surface area contributed by atoms with Crippen molar-refractivity contribution in [3.05, 3.63) is 34.9 Å². The Morgan fingerprint density at radius 1 is 1.25 bits per heavy atom. The second-order valence-electron chi connectivity index (χ2n) is 8.13. The summed E-state index contributed by atoms with van der Waals surface area (Å²) in [5.41, 5.74) is 3.53. The molecule has 0 aromatic carbocycles. The summed E-state index contributed by atoms with van der Waals surface area (Å²) in [4.78, 5) is 22.6. The molecular weight excluding hydrogens is 300 g/mol. The van der Waals surface area contributed by atoms with E-state index in [1.807, 2.05) is 0 Å². The van der Waals surface area contributed by atoms with Crippen molar-refractivity contribution in [3.63, 3.8) is 0 Å². The first kappa shape index (κ1) is 18.7. The molecule has 2 rings (SSSR count). The summed E-state index contributed by atoms with van der Waals surface area (Å²) in [7, 11) is 1.33. The van der Waals surface area contributed by atoms with Crippen LogP contribution in [-0.2, 0) is 14.3 Å². The van der Waals surface area contributed by atoms with Gasteiger partial charge in [-0.1, -0.05) is 38.8 Å². The van der Waals surface area contributed by atoms with Gasteiger partial charge in [-0.15, -0.1) is 0 Å². The van der Waals surface area contributed by atoms with E-state index in [-0.39, 0.29) is 5.41 Å². The van der Waals surface area contributed by atoms with Crippen LogP contribution in [0, 0.1) is 16.7 Å². The molecule has 3 heteroatoms. The minimum Gasteiger partial charge on any atom is -0.465 e. The third-order valence-electron chi connectivity index (χ3n) is 6.21. The van der Waals surface area contributed by atoms with Crippen LogP contribution in [0.2, 0.25) is 0 Å². The van der Waals surface area contributed by atoms with Crippen molar-refractivity contribution in [3.8, 4) is 0 Å². The SMILES string of the molecule is COC(=O)C(/C=C/C1=C(C)CC[C@@H]2C(C)(C)CCC[C@@]12C)=C/C=O. The van der Waals surface area contributed by atoms with Crippen LogP contribution >= 0.6 is 0 Å². The van der Waals surface area contributed by atoms with Crippen LogP contribution < -0.4 is 0 Å². The lowest BCUT2D eigenvalue weighted by atomic mass is 9.50. The van der Waals surface area contributed by atoms with Crippen molar-refractivity contribution in [1.82, 2.24) is 0 Å². The number of methoxy groups -OCH3 is 1. The molecule has 24 heavy (non-hydrogen) atoms. The van der Waals surface area contributed by atoms with Gasteiger partial charge in [0.15, 0.2) is 0 Å². The van der Waals surface area contributed by atoms with E-state index in [1.165, 1.54) is 50.0 Å². The minimum absolute atomic E-state index is 0.142. The van der Waals surface area contributed by atoms with E-state index in [4.69, 9.17) is 4.74 Å². The molecule has 0 aromatic rings. The average molecular weight is 330 g/mol. The van der Waals surface area contributed by atoms with Gasteiger partial charge in [0.2, 0.25) is 0 Å². The monoisotopic (exact) mass is 330 g/mol. The number of rotatable bonds is 4. The Balaban J connectivity index is 2.40. The molecule has 132 valence electrons. The molecule has 2 atom stereocenters. The number of esters is 1. The van der Waals surface area contributed by atoms with Gasteiger partial charge in [0, 0.05) is 0 Å². The van der Waals surface area contributed by atoms with Crippen molar-refractivity contribution in [2.45, 2.75) is 59.8 Å². The summed E-state index contributed by atoms with van der Waals surface area (Å²) in [5.74, 6) is 0.178. The molecule has 0 aromatic heterocycles. The summed E-state index contributed by atoms with van der Waals surface area (Å²) in [6, 6.07) is 0. The maximum atomic E-state index is 11.8. The lowest BCUT2D eigenvalue weighted by Crippen LogP contribution is -2.45. The molecule has 0 amide bonds. The van der Waals surface area contributed by atoms with Gasteiger partial charge in [-0.25, -0.2) is 4.79 Å². The van der Waals surface area contributed by atoms with Crippen molar-refractivity contribution in [2.75, 3.05) is 7.11 Å². The zero-order valence-electron chi connectivity index (χ0n) is 15.6. The van der Waals surface area contributed by atoms with E-state index in [2.05, 4.69) is 33.8 Å². The standard InChI is InChI=1S/C21H30O3/c1-15-7-10-18-20(2,3)12-6-13-21(18,4)17(15)9-8-16(11-14-22)19(23)24-5/h8-9,11,14,18H,6-7,10,12-13H2,1-5H3/b9-8+,16-11+/t18-,21+/m1/s1. The molecule has 0 N–H and O–H groups in total. The Labute approximate surface area is 145 Å². The van der Waals surface area contributed by atoms with Gasteiger partial charge in [0.1, 0.15) is 6.29 Å². The van der Waals surface area contributed by atoms with Crippen LogP contribution in [0.4, 0.5) is 0 Å². The first-order valence-corrected chi connectivity index (χ1v) is 8.88. The highest BCUT2D eigenvalue weighted by molar-refractivity contribution is 5.95. The molecule has 0 aliphatic heterocycles. The van der Waals surface area contributed by atoms with Gasteiger partial charge in [-0.3, -0.25) is 4.79 Å². The van der Waals surface area contributed by atoms with Gasteiger partial charge < -0.3 is 4.74 Å². The zero-order chi connectivity index (χ0) is 18.0. The predicted octanol–water partition coefficient (Wildman–Crippen LogP) is 4.78. The fraction of sp³-hybridized carbons (Fsp3) is 0.619. The van der Waals surface area contributed by atoms with E-state index in [0.29, 0.717) is 23.2 Å². The Morgan fingerprint density at radius 3 is 2.58 bits per heavy atom. The number of carbonyl (C=O) groups excluding carboxylic acids is 2. The van der Waals surface area contributed by atoms with Crippen LogP contribution in [0.15, 0.2) is 34.9 Å². The lowest BCUT2D eigenvalue weighted by Gasteiger charge is -2.54. The lowest BCUT2D eigenvalue weighted by molar-refractivity contribution is -0.135. The highest BCUT2D eigenvalue weighted by Crippen LogP contribution is 2.59. The second-order valence-corrected chi connectivity index (χ2v) is 8.13. The second kappa shape index (κ2) is 7.08. The number of ether oxygens (including phenoxy) is 1. The van der Waals surface area contributed by atoms with Crippen LogP contribution in [0.3, 0.4) is 0 Å². The van der Waals surface area contributed by atoms with E-state index in [9.17, 15) is 9.59 Å². The molecule has 0 saturated heterocycles. The number of fused-ring (bicyclic) bond motifs is 1. The van der Waals surface area contributed by atoms with Crippen LogP contribution in [-0.4, -0.2) is 19.4 Å². The summed E-state index contributed by atoms with van der Waals surface area (Å²) < 4.78 is 4.76. The topological polar surface area (TPSA) is 43.4 Å². The van der Waals surface area contributed by atoms with Gasteiger partial charge in [0.05, 0.1) is 12.7 Å². The Bertz CT molecular complexity index is 607. The molecule has 0 heterocycles. The fourth-order valence-electron chi connectivity index (χ4n) is 5.03. The van der Waals surface area contributed by atoms with Gasteiger partial charge in [-0.05, 0) is 67.1 Å². The normalized spacial score (nSPS) is 30.2. The molecule has 2 aliphatic carbocycles. The van der Waals surface area contributed by atoms with Crippen LogP contribution in [0.5, 0.6) is 0 Å². The molecule has 0 unspecified atom stereocenters. The van der Waals surface area contributed by atoms with Crippen molar-refractivity contribution in [2.24, 2.45) is 16.7 Å². The minimum atomic E-state index is -0.474. The van der Waals surface area contributed by atoms with E-state index < -0.39 is 5.97 Å². The van der Waals surface area contributed by atoms with Gasteiger partial charge >= 0.3 is 5.97 Å². The van der Waals surface area contributed by atoms with E-state index in [1.54, 1.807) is 6.08 Å². The smallest absolute Gasteiger partial charge is 0.337 e. The predicted molar refractivity (Wildman–Crippen MR) is 96.5 cm³/mol. The maximum Gasteiger partial charge on any atom is 0.337 e. The van der Waals surface area contributed by atoms with Crippen LogP contribution in [0.1, 0.15) is 59.8 Å². The highest BCUT2D eigenvalue weighted by atomic mass is 16.5. The number of allylic oxidation sites excluding steroid dienone is 4. The first-order chi connectivity index (χ1) is 11.3. The number of hydrogen-bond acceptors (Lipinski definition) is 3. The largest absolute Gasteiger partial charge is 0.465 e. The molecule has 1 fully saturated rings. The summed E-state index contributed by atoms with van der Waals surface area (Å²) in [6.45, 7) is 9.36. The van der Waals surface area contributed by atoms with Crippen molar-refractivity contribution >= 4 is 12.3 Å². The molecule has 1 saturated carbocycles. The molecular formula is C21H30O3. The summed E-state index contributed by atoms with van der Waals surface area (Å²) in [5, 5.41) is 0. The van der Waals surface area contributed by atoms with Crippen molar-refractivity contribution < 1.29 is 14.3 Å².